The zero-order valence-corrected chi connectivity index (χ0v) is 13.2. The number of hydrogen-bond donors (Lipinski definition) is 1. The Balaban J connectivity index is 1.58. The first kappa shape index (κ1) is 15.3. The summed E-state index contributed by atoms with van der Waals surface area (Å²) >= 11 is 0. The predicted octanol–water partition coefficient (Wildman–Crippen LogP) is 2.80. The van der Waals surface area contributed by atoms with Crippen molar-refractivity contribution in [1.29, 1.82) is 0 Å². The van der Waals surface area contributed by atoms with Crippen LogP contribution in [-0.4, -0.2) is 48.3 Å². The fourth-order valence-corrected chi connectivity index (χ4v) is 3.26. The van der Waals surface area contributed by atoms with E-state index in [1.54, 1.807) is 0 Å². The third kappa shape index (κ3) is 5.05. The van der Waals surface area contributed by atoms with Gasteiger partial charge in [0.2, 0.25) is 0 Å². The molecule has 0 atom stereocenters. The summed E-state index contributed by atoms with van der Waals surface area (Å²) in [5, 5.41) is 3.66. The number of likely N-dealkylation sites (tertiary alicyclic amines) is 1. The second-order valence-electron chi connectivity index (χ2n) is 7.36. The van der Waals surface area contributed by atoms with Crippen LogP contribution in [-0.2, 0) is 4.74 Å². The lowest BCUT2D eigenvalue weighted by Crippen LogP contribution is -2.53. The summed E-state index contributed by atoms with van der Waals surface area (Å²) in [6, 6.07) is 0.671. The van der Waals surface area contributed by atoms with Crippen molar-refractivity contribution in [3.8, 4) is 0 Å². The quantitative estimate of drug-likeness (QED) is 0.830. The molecule has 0 aromatic heterocycles. The summed E-state index contributed by atoms with van der Waals surface area (Å²) in [5.74, 6) is 0. The molecule has 19 heavy (non-hydrogen) atoms. The van der Waals surface area contributed by atoms with Gasteiger partial charge in [0.15, 0.2) is 0 Å². The highest BCUT2D eigenvalue weighted by Gasteiger charge is 2.34. The number of rotatable bonds is 5. The Morgan fingerprint density at radius 2 is 1.74 bits per heavy atom. The molecule has 3 nitrogen and oxygen atoms in total. The van der Waals surface area contributed by atoms with Gasteiger partial charge in [-0.25, -0.2) is 0 Å². The molecule has 1 heterocycles. The summed E-state index contributed by atoms with van der Waals surface area (Å²) in [6.07, 6.45) is 7.17. The Bertz CT molecular complexity index is 260. The zero-order valence-electron chi connectivity index (χ0n) is 13.2. The molecule has 1 saturated carbocycles. The van der Waals surface area contributed by atoms with Crippen LogP contribution in [0.2, 0.25) is 0 Å². The van der Waals surface area contributed by atoms with Gasteiger partial charge in [0, 0.05) is 24.7 Å². The largest absolute Gasteiger partial charge is 0.375 e. The van der Waals surface area contributed by atoms with Crippen molar-refractivity contribution in [2.45, 2.75) is 83.6 Å². The highest BCUT2D eigenvalue weighted by Crippen LogP contribution is 2.28. The van der Waals surface area contributed by atoms with E-state index in [-0.39, 0.29) is 5.54 Å². The minimum Gasteiger partial charge on any atom is -0.375 e. The average Bonchev–Trinajstić information content (AvgIpc) is 2.27. The molecule has 0 radical (unpaired) electrons. The van der Waals surface area contributed by atoms with E-state index in [4.69, 9.17) is 4.74 Å². The average molecular weight is 268 g/mol. The van der Waals surface area contributed by atoms with E-state index in [9.17, 15) is 0 Å². The lowest BCUT2D eigenvalue weighted by atomic mass is 9.87. The lowest BCUT2D eigenvalue weighted by Gasteiger charge is -2.42. The van der Waals surface area contributed by atoms with Gasteiger partial charge in [-0.1, -0.05) is 6.92 Å². The third-order valence-corrected chi connectivity index (χ3v) is 4.19. The monoisotopic (exact) mass is 268 g/mol. The minimum absolute atomic E-state index is 0.237. The van der Waals surface area contributed by atoms with Gasteiger partial charge in [-0.3, -0.25) is 0 Å². The molecule has 3 heteroatoms. The highest BCUT2D eigenvalue weighted by atomic mass is 16.5. The number of piperidine rings is 1. The van der Waals surface area contributed by atoms with Crippen molar-refractivity contribution in [2.24, 2.45) is 0 Å². The standard InChI is InChI=1S/C16H32N2O/c1-5-8-18-9-6-14(7-10-18)19-15-11-13(12-15)17-16(2,3)4/h13-15,17H,5-12H2,1-4H3. The van der Waals surface area contributed by atoms with Gasteiger partial charge in [-0.15, -0.1) is 0 Å². The van der Waals surface area contributed by atoms with Gasteiger partial charge in [0.05, 0.1) is 12.2 Å². The van der Waals surface area contributed by atoms with E-state index >= 15 is 0 Å². The molecule has 0 amide bonds. The maximum atomic E-state index is 6.23. The van der Waals surface area contributed by atoms with Crippen molar-refractivity contribution < 1.29 is 4.74 Å². The molecule has 2 fully saturated rings. The van der Waals surface area contributed by atoms with Crippen molar-refractivity contribution in [3.63, 3.8) is 0 Å². The maximum absolute atomic E-state index is 6.23. The van der Waals surface area contributed by atoms with Crippen molar-refractivity contribution >= 4 is 0 Å². The van der Waals surface area contributed by atoms with Gasteiger partial charge < -0.3 is 15.0 Å². The number of ether oxygens (including phenoxy) is 1. The smallest absolute Gasteiger partial charge is 0.0608 e. The van der Waals surface area contributed by atoms with Gasteiger partial charge in [-0.2, -0.15) is 0 Å². The molecule has 0 bridgehead atoms. The van der Waals surface area contributed by atoms with Gasteiger partial charge >= 0.3 is 0 Å². The number of nitrogens with one attached hydrogen (secondary N) is 1. The van der Waals surface area contributed by atoms with Crippen LogP contribution >= 0.6 is 0 Å². The van der Waals surface area contributed by atoms with Crippen LogP contribution in [0.5, 0.6) is 0 Å². The number of hydrogen-bond acceptors (Lipinski definition) is 3. The highest BCUT2D eigenvalue weighted by molar-refractivity contribution is 4.91. The normalized spacial score (nSPS) is 30.3. The molecule has 1 aliphatic carbocycles. The molecular formula is C16H32N2O. The molecule has 0 aromatic carbocycles. The first-order chi connectivity index (χ1) is 8.96. The molecule has 0 spiro atoms. The van der Waals surface area contributed by atoms with Crippen LogP contribution in [0.15, 0.2) is 0 Å². The molecule has 1 aliphatic heterocycles. The number of nitrogens with zero attached hydrogens (tertiary/aromatic N) is 1. The van der Waals surface area contributed by atoms with Crippen LogP contribution in [0.1, 0.15) is 59.8 Å². The van der Waals surface area contributed by atoms with Crippen molar-refractivity contribution in [3.05, 3.63) is 0 Å². The van der Waals surface area contributed by atoms with Crippen molar-refractivity contribution in [2.75, 3.05) is 19.6 Å². The summed E-state index contributed by atoms with van der Waals surface area (Å²) < 4.78 is 6.23. The van der Waals surface area contributed by atoms with Crippen LogP contribution < -0.4 is 5.32 Å². The van der Waals surface area contributed by atoms with Gasteiger partial charge in [0.1, 0.15) is 0 Å². The van der Waals surface area contributed by atoms with Crippen LogP contribution in [0, 0.1) is 0 Å². The second-order valence-corrected chi connectivity index (χ2v) is 7.36. The summed E-state index contributed by atoms with van der Waals surface area (Å²) in [4.78, 5) is 2.57. The van der Waals surface area contributed by atoms with Crippen molar-refractivity contribution in [1.82, 2.24) is 10.2 Å². The van der Waals surface area contributed by atoms with E-state index in [2.05, 4.69) is 37.9 Å². The second kappa shape index (κ2) is 6.55. The zero-order chi connectivity index (χ0) is 13.9. The van der Waals surface area contributed by atoms with E-state index in [0.717, 1.165) is 0 Å². The molecule has 0 aromatic rings. The molecular weight excluding hydrogens is 236 g/mol. The predicted molar refractivity (Wildman–Crippen MR) is 80.5 cm³/mol. The lowest BCUT2D eigenvalue weighted by molar-refractivity contribution is -0.0865. The summed E-state index contributed by atoms with van der Waals surface area (Å²) in [5.41, 5.74) is 0.237. The molecule has 2 rings (SSSR count). The summed E-state index contributed by atoms with van der Waals surface area (Å²) in [7, 11) is 0. The minimum atomic E-state index is 0.237. The Hall–Kier alpha value is -0.120. The first-order valence-electron chi connectivity index (χ1n) is 8.12. The van der Waals surface area contributed by atoms with Gasteiger partial charge in [-0.05, 0) is 59.4 Å². The maximum Gasteiger partial charge on any atom is 0.0608 e. The third-order valence-electron chi connectivity index (χ3n) is 4.19. The molecule has 1 N–H and O–H groups in total. The molecule has 112 valence electrons. The topological polar surface area (TPSA) is 24.5 Å². The fraction of sp³-hybridized carbons (Fsp3) is 1.00. The Kier molecular flexibility index (Phi) is 5.27. The Labute approximate surface area is 119 Å². The summed E-state index contributed by atoms with van der Waals surface area (Å²) in [6.45, 7) is 12.7. The Morgan fingerprint density at radius 3 is 2.26 bits per heavy atom. The van der Waals surface area contributed by atoms with Crippen LogP contribution in [0.4, 0.5) is 0 Å². The SMILES string of the molecule is CCCN1CCC(OC2CC(NC(C)(C)C)C2)CC1. The van der Waals surface area contributed by atoms with E-state index in [0.29, 0.717) is 18.2 Å². The fourth-order valence-electron chi connectivity index (χ4n) is 3.26. The van der Waals surface area contributed by atoms with Crippen LogP contribution in [0.25, 0.3) is 0 Å². The molecule has 1 saturated heterocycles. The van der Waals surface area contributed by atoms with Crippen LogP contribution in [0.3, 0.4) is 0 Å². The van der Waals surface area contributed by atoms with E-state index < -0.39 is 0 Å². The Morgan fingerprint density at radius 1 is 1.11 bits per heavy atom. The first-order valence-corrected chi connectivity index (χ1v) is 8.12. The molecule has 2 aliphatic rings. The van der Waals surface area contributed by atoms with E-state index in [1.807, 2.05) is 0 Å². The van der Waals surface area contributed by atoms with E-state index in [1.165, 1.54) is 51.7 Å². The molecule has 0 unspecified atom stereocenters. The van der Waals surface area contributed by atoms with Gasteiger partial charge in [0.25, 0.3) is 0 Å².